The first-order valence-corrected chi connectivity index (χ1v) is 10.2. The van der Waals surface area contributed by atoms with Gasteiger partial charge in [0.1, 0.15) is 12.7 Å². The van der Waals surface area contributed by atoms with E-state index in [1.54, 1.807) is 11.0 Å². The van der Waals surface area contributed by atoms with E-state index in [2.05, 4.69) is 63.6 Å². The number of nitrogens with zero attached hydrogens (tertiary/aromatic N) is 4. The summed E-state index contributed by atoms with van der Waals surface area (Å²) in [7, 11) is 2.02. The van der Waals surface area contributed by atoms with Crippen molar-refractivity contribution in [2.75, 3.05) is 19.3 Å². The first-order chi connectivity index (χ1) is 13.1. The van der Waals surface area contributed by atoms with Gasteiger partial charge in [0, 0.05) is 24.2 Å². The average Bonchev–Trinajstić information content (AvgIpc) is 3.26. The summed E-state index contributed by atoms with van der Waals surface area (Å²) in [6, 6.07) is 18.9. The smallest absolute Gasteiger partial charge is 0.169 e. The highest BCUT2D eigenvalue weighted by atomic mass is 32.2. The molecular formula is C20H23N5S2. The molecule has 3 aromatic rings. The fourth-order valence-electron chi connectivity index (χ4n) is 2.61. The molecule has 0 aliphatic rings. The molecule has 27 heavy (non-hydrogen) atoms. The van der Waals surface area contributed by atoms with E-state index in [0.29, 0.717) is 0 Å². The van der Waals surface area contributed by atoms with Gasteiger partial charge in [-0.3, -0.25) is 0 Å². The first-order valence-electron chi connectivity index (χ1n) is 8.78. The normalized spacial score (nSPS) is 11.8. The van der Waals surface area contributed by atoms with Crippen LogP contribution in [0.15, 0.2) is 72.1 Å². The van der Waals surface area contributed by atoms with Crippen molar-refractivity contribution in [2.45, 2.75) is 17.9 Å². The molecule has 0 aliphatic carbocycles. The molecule has 3 rings (SSSR count). The van der Waals surface area contributed by atoms with Gasteiger partial charge in [-0.15, -0.1) is 11.8 Å². The van der Waals surface area contributed by atoms with Gasteiger partial charge in [-0.1, -0.05) is 30.3 Å². The van der Waals surface area contributed by atoms with Crippen LogP contribution in [0.3, 0.4) is 0 Å². The van der Waals surface area contributed by atoms with Crippen LogP contribution in [-0.4, -0.2) is 44.1 Å². The van der Waals surface area contributed by atoms with Crippen molar-refractivity contribution in [2.24, 2.45) is 0 Å². The second-order valence-corrected chi connectivity index (χ2v) is 7.67. The van der Waals surface area contributed by atoms with Crippen molar-refractivity contribution < 1.29 is 0 Å². The number of aromatic nitrogens is 3. The third-order valence-electron chi connectivity index (χ3n) is 4.35. The van der Waals surface area contributed by atoms with Gasteiger partial charge in [0.25, 0.3) is 0 Å². The van der Waals surface area contributed by atoms with E-state index >= 15 is 0 Å². The Kier molecular flexibility index (Phi) is 6.84. The molecule has 0 saturated carbocycles. The molecular weight excluding hydrogens is 374 g/mol. The predicted octanol–water partition coefficient (Wildman–Crippen LogP) is 3.93. The van der Waals surface area contributed by atoms with E-state index in [0.717, 1.165) is 23.1 Å². The summed E-state index contributed by atoms with van der Waals surface area (Å²) in [5.74, 6) is 0.971. The molecule has 0 fully saturated rings. The summed E-state index contributed by atoms with van der Waals surface area (Å²) in [6.45, 7) is 2.98. The van der Waals surface area contributed by atoms with Crippen LogP contribution >= 0.6 is 24.0 Å². The molecule has 7 heteroatoms. The first kappa shape index (κ1) is 19.4. The minimum atomic E-state index is 0.177. The average molecular weight is 398 g/mol. The molecule has 1 atom stereocenters. The maximum atomic E-state index is 5.56. The maximum Gasteiger partial charge on any atom is 0.169 e. The molecule has 0 saturated heterocycles. The van der Waals surface area contributed by atoms with Gasteiger partial charge in [0.15, 0.2) is 5.11 Å². The molecule has 1 heterocycles. The fourth-order valence-corrected chi connectivity index (χ4v) is 3.66. The van der Waals surface area contributed by atoms with Gasteiger partial charge in [0.05, 0.1) is 11.7 Å². The summed E-state index contributed by atoms with van der Waals surface area (Å²) in [6.07, 6.45) is 3.22. The van der Waals surface area contributed by atoms with Crippen LogP contribution in [0.4, 0.5) is 0 Å². The second kappa shape index (κ2) is 9.53. The Morgan fingerprint density at radius 1 is 1.19 bits per heavy atom. The molecule has 0 radical (unpaired) electrons. The van der Waals surface area contributed by atoms with Gasteiger partial charge in [-0.2, -0.15) is 5.10 Å². The van der Waals surface area contributed by atoms with Crippen LogP contribution in [0, 0.1) is 0 Å². The zero-order chi connectivity index (χ0) is 19.1. The Morgan fingerprint density at radius 3 is 2.59 bits per heavy atom. The van der Waals surface area contributed by atoms with Crippen LogP contribution in [-0.2, 0) is 0 Å². The fraction of sp³-hybridized carbons (Fsp3) is 0.250. The number of hydrogen-bond acceptors (Lipinski definition) is 4. The zero-order valence-corrected chi connectivity index (χ0v) is 17.1. The lowest BCUT2D eigenvalue weighted by molar-refractivity contribution is 0.397. The summed E-state index contributed by atoms with van der Waals surface area (Å²) in [5, 5.41) is 8.26. The van der Waals surface area contributed by atoms with Gasteiger partial charge >= 0.3 is 0 Å². The van der Waals surface area contributed by atoms with E-state index < -0.39 is 0 Å². The van der Waals surface area contributed by atoms with E-state index in [-0.39, 0.29) is 6.04 Å². The van der Waals surface area contributed by atoms with Gasteiger partial charge in [0.2, 0.25) is 0 Å². The Bertz CT molecular complexity index is 835. The van der Waals surface area contributed by atoms with Crippen molar-refractivity contribution in [3.05, 3.63) is 72.8 Å². The molecule has 1 aromatic heterocycles. The van der Waals surface area contributed by atoms with Crippen molar-refractivity contribution in [1.82, 2.24) is 25.0 Å². The predicted molar refractivity (Wildman–Crippen MR) is 115 cm³/mol. The highest BCUT2D eigenvalue weighted by Crippen LogP contribution is 2.20. The number of nitrogens with one attached hydrogen (secondary N) is 1. The maximum absolute atomic E-state index is 5.56. The minimum absolute atomic E-state index is 0.177. The number of hydrogen-bond donors (Lipinski definition) is 1. The van der Waals surface area contributed by atoms with Crippen LogP contribution in [0.2, 0.25) is 0 Å². The molecule has 0 aliphatic heterocycles. The lowest BCUT2D eigenvalue weighted by atomic mass is 10.1. The molecule has 0 amide bonds. The van der Waals surface area contributed by atoms with Crippen molar-refractivity contribution in [1.29, 1.82) is 0 Å². The molecule has 0 unspecified atom stereocenters. The summed E-state index contributed by atoms with van der Waals surface area (Å²) < 4.78 is 1.74. The Balaban J connectivity index is 1.48. The third kappa shape index (κ3) is 5.30. The van der Waals surface area contributed by atoms with Gasteiger partial charge < -0.3 is 10.2 Å². The van der Waals surface area contributed by atoms with Crippen LogP contribution < -0.4 is 5.32 Å². The van der Waals surface area contributed by atoms with Crippen LogP contribution in [0.1, 0.15) is 18.5 Å². The summed E-state index contributed by atoms with van der Waals surface area (Å²) >= 11 is 7.38. The molecule has 1 N–H and O–H groups in total. The van der Waals surface area contributed by atoms with Crippen molar-refractivity contribution in [3.63, 3.8) is 0 Å². The van der Waals surface area contributed by atoms with Gasteiger partial charge in [-0.25, -0.2) is 9.67 Å². The summed E-state index contributed by atoms with van der Waals surface area (Å²) in [4.78, 5) is 7.35. The van der Waals surface area contributed by atoms with Crippen LogP contribution in [0.5, 0.6) is 0 Å². The standard InChI is InChI=1S/C20H23N5S2/c1-16(17-8-10-18(11-9-17)25-15-21-14-23-25)24(2)20(26)22-12-13-27-19-6-4-3-5-7-19/h3-11,14-16H,12-13H2,1-2H3,(H,22,26)/t16-/m1/s1. The lowest BCUT2D eigenvalue weighted by Crippen LogP contribution is -2.39. The van der Waals surface area contributed by atoms with E-state index in [1.165, 1.54) is 16.8 Å². The van der Waals surface area contributed by atoms with E-state index in [9.17, 15) is 0 Å². The van der Waals surface area contributed by atoms with Crippen LogP contribution in [0.25, 0.3) is 5.69 Å². The largest absolute Gasteiger partial charge is 0.362 e. The SMILES string of the molecule is C[C@H](c1ccc(-n2cncn2)cc1)N(C)C(=S)NCCSc1ccccc1. The lowest BCUT2D eigenvalue weighted by Gasteiger charge is -2.28. The second-order valence-electron chi connectivity index (χ2n) is 6.11. The molecule has 5 nitrogen and oxygen atoms in total. The zero-order valence-electron chi connectivity index (χ0n) is 15.4. The summed E-state index contributed by atoms with van der Waals surface area (Å²) in [5.41, 5.74) is 2.19. The highest BCUT2D eigenvalue weighted by Gasteiger charge is 2.14. The van der Waals surface area contributed by atoms with Crippen molar-refractivity contribution >= 4 is 29.1 Å². The quantitative estimate of drug-likeness (QED) is 0.370. The monoisotopic (exact) mass is 397 g/mol. The third-order valence-corrected chi connectivity index (χ3v) is 5.80. The van der Waals surface area contributed by atoms with Crippen molar-refractivity contribution in [3.8, 4) is 5.69 Å². The number of rotatable bonds is 7. The molecule has 0 bridgehead atoms. The molecule has 0 spiro atoms. The Labute approximate surface area is 169 Å². The topological polar surface area (TPSA) is 46.0 Å². The number of thioether (sulfide) groups is 1. The number of benzene rings is 2. The Hall–Kier alpha value is -2.38. The molecule has 140 valence electrons. The highest BCUT2D eigenvalue weighted by molar-refractivity contribution is 7.99. The molecule has 2 aromatic carbocycles. The van der Waals surface area contributed by atoms with Gasteiger partial charge in [-0.05, 0) is 49.0 Å². The minimum Gasteiger partial charge on any atom is -0.362 e. The number of thiocarbonyl (C=S) groups is 1. The Morgan fingerprint density at radius 2 is 1.93 bits per heavy atom. The van der Waals surface area contributed by atoms with E-state index in [1.807, 2.05) is 37.0 Å². The van der Waals surface area contributed by atoms with E-state index in [4.69, 9.17) is 12.2 Å².